The summed E-state index contributed by atoms with van der Waals surface area (Å²) in [5.41, 5.74) is 17.5. The van der Waals surface area contributed by atoms with Crippen LogP contribution >= 0.6 is 0 Å². The summed E-state index contributed by atoms with van der Waals surface area (Å²) in [7, 11) is 0. The Morgan fingerprint density at radius 3 is 1.79 bits per heavy atom. The first-order valence-corrected chi connectivity index (χ1v) is 19.8. The Morgan fingerprint density at radius 1 is 0.386 bits per heavy atom. The molecule has 0 radical (unpaired) electrons. The smallest absolute Gasteiger partial charge is 0.136 e. The molecule has 9 aromatic carbocycles. The lowest BCUT2D eigenvalue weighted by atomic mass is 9.82. The topological polar surface area (TPSA) is 16.4 Å². The Bertz CT molecular complexity index is 3150. The van der Waals surface area contributed by atoms with Crippen LogP contribution in [-0.4, -0.2) is 0 Å². The van der Waals surface area contributed by atoms with Crippen molar-refractivity contribution >= 4 is 49.8 Å². The average Bonchev–Trinajstić information content (AvgIpc) is 3.76. The third kappa shape index (κ3) is 5.25. The van der Waals surface area contributed by atoms with Crippen LogP contribution in [0.25, 0.3) is 77.2 Å². The number of hydrogen-bond donors (Lipinski definition) is 0. The number of furan rings is 1. The van der Waals surface area contributed by atoms with E-state index < -0.39 is 0 Å². The van der Waals surface area contributed by atoms with Gasteiger partial charge < -0.3 is 9.32 Å². The molecule has 1 aliphatic carbocycles. The van der Waals surface area contributed by atoms with Gasteiger partial charge in [-0.05, 0) is 103 Å². The molecule has 0 N–H and O–H groups in total. The lowest BCUT2D eigenvalue weighted by Gasteiger charge is -2.30. The van der Waals surface area contributed by atoms with Gasteiger partial charge in [0, 0.05) is 33.1 Å². The molecule has 1 heterocycles. The molecular formula is C55H39NO. The van der Waals surface area contributed by atoms with Crippen molar-refractivity contribution in [3.05, 3.63) is 211 Å². The minimum atomic E-state index is -0.136. The Morgan fingerprint density at radius 2 is 0.965 bits per heavy atom. The van der Waals surface area contributed by atoms with Crippen molar-refractivity contribution in [1.82, 2.24) is 0 Å². The lowest BCUT2D eigenvalue weighted by Crippen LogP contribution is -2.16. The highest BCUT2D eigenvalue weighted by molar-refractivity contribution is 6.13. The van der Waals surface area contributed by atoms with Crippen LogP contribution in [0.5, 0.6) is 0 Å². The number of benzene rings is 9. The summed E-state index contributed by atoms with van der Waals surface area (Å²) < 4.78 is 6.28. The van der Waals surface area contributed by atoms with Crippen molar-refractivity contribution in [3.63, 3.8) is 0 Å². The average molecular weight is 730 g/mol. The first-order chi connectivity index (χ1) is 28.0. The van der Waals surface area contributed by atoms with Crippen molar-refractivity contribution in [3.8, 4) is 44.5 Å². The molecule has 0 aliphatic heterocycles. The van der Waals surface area contributed by atoms with E-state index in [1.54, 1.807) is 0 Å². The zero-order valence-electron chi connectivity index (χ0n) is 31.9. The van der Waals surface area contributed by atoms with Gasteiger partial charge in [-0.25, -0.2) is 0 Å². The predicted octanol–water partition coefficient (Wildman–Crippen LogP) is 15.5. The second-order valence-electron chi connectivity index (χ2n) is 15.7. The number of nitrogens with zero attached hydrogens (tertiary/aromatic N) is 1. The molecule has 0 saturated carbocycles. The summed E-state index contributed by atoms with van der Waals surface area (Å²) in [5, 5.41) is 4.75. The van der Waals surface area contributed by atoms with Gasteiger partial charge in [-0.2, -0.15) is 0 Å². The monoisotopic (exact) mass is 729 g/mol. The van der Waals surface area contributed by atoms with Gasteiger partial charge in [0.1, 0.15) is 11.2 Å². The third-order valence-corrected chi connectivity index (χ3v) is 12.1. The summed E-state index contributed by atoms with van der Waals surface area (Å²) >= 11 is 0. The summed E-state index contributed by atoms with van der Waals surface area (Å²) in [4.78, 5) is 2.45. The fourth-order valence-electron chi connectivity index (χ4n) is 9.38. The van der Waals surface area contributed by atoms with Gasteiger partial charge in [0.25, 0.3) is 0 Å². The van der Waals surface area contributed by atoms with Crippen LogP contribution in [0.4, 0.5) is 17.1 Å². The molecule has 57 heavy (non-hydrogen) atoms. The van der Waals surface area contributed by atoms with E-state index in [0.717, 1.165) is 50.1 Å². The highest BCUT2D eigenvalue weighted by Gasteiger charge is 2.36. The number of rotatable bonds is 6. The van der Waals surface area contributed by atoms with Crippen LogP contribution in [0, 0.1) is 0 Å². The van der Waals surface area contributed by atoms with Crippen molar-refractivity contribution in [2.75, 3.05) is 4.90 Å². The van der Waals surface area contributed by atoms with E-state index in [0.29, 0.717) is 0 Å². The van der Waals surface area contributed by atoms with Crippen LogP contribution in [0.2, 0.25) is 0 Å². The quantitative estimate of drug-likeness (QED) is 0.169. The Kier molecular flexibility index (Phi) is 7.55. The van der Waals surface area contributed by atoms with Crippen molar-refractivity contribution in [2.24, 2.45) is 0 Å². The fraction of sp³-hybridized carbons (Fsp3) is 0.0545. The Hall–Kier alpha value is -7.16. The lowest BCUT2D eigenvalue weighted by molar-refractivity contribution is 0.660. The summed E-state index contributed by atoms with van der Waals surface area (Å²) in [5.74, 6) is 0. The van der Waals surface area contributed by atoms with Gasteiger partial charge in [-0.1, -0.05) is 172 Å². The van der Waals surface area contributed by atoms with Crippen LogP contribution in [0.15, 0.2) is 205 Å². The molecule has 1 aliphatic rings. The maximum atomic E-state index is 6.28. The molecule has 0 amide bonds. The number of hydrogen-bond acceptors (Lipinski definition) is 2. The van der Waals surface area contributed by atoms with Gasteiger partial charge >= 0.3 is 0 Å². The van der Waals surface area contributed by atoms with Gasteiger partial charge in [0.05, 0.1) is 5.69 Å². The van der Waals surface area contributed by atoms with Gasteiger partial charge in [0.15, 0.2) is 0 Å². The molecule has 10 aromatic rings. The zero-order valence-corrected chi connectivity index (χ0v) is 31.9. The number of anilines is 3. The fourth-order valence-corrected chi connectivity index (χ4v) is 9.38. The molecule has 0 fully saturated rings. The van der Waals surface area contributed by atoms with Crippen LogP contribution in [0.3, 0.4) is 0 Å². The maximum absolute atomic E-state index is 6.28. The normalized spacial score (nSPS) is 12.9. The van der Waals surface area contributed by atoms with Crippen LogP contribution < -0.4 is 4.90 Å². The largest absolute Gasteiger partial charge is 0.456 e. The first-order valence-electron chi connectivity index (χ1n) is 19.8. The Labute approximate surface area is 332 Å². The highest BCUT2D eigenvalue weighted by atomic mass is 16.3. The minimum absolute atomic E-state index is 0.136. The molecule has 0 spiro atoms. The molecular weight excluding hydrogens is 691 g/mol. The van der Waals surface area contributed by atoms with Gasteiger partial charge in [0.2, 0.25) is 0 Å². The first kappa shape index (κ1) is 33.2. The molecule has 0 bridgehead atoms. The summed E-state index contributed by atoms with van der Waals surface area (Å²) in [6, 6.07) is 72.7. The molecule has 11 rings (SSSR count). The zero-order chi connectivity index (χ0) is 38.1. The Balaban J connectivity index is 1.12. The van der Waals surface area contributed by atoms with Crippen LogP contribution in [0.1, 0.15) is 25.0 Å². The minimum Gasteiger partial charge on any atom is -0.456 e. The van der Waals surface area contributed by atoms with E-state index in [2.05, 4.69) is 207 Å². The van der Waals surface area contributed by atoms with Gasteiger partial charge in [-0.3, -0.25) is 0 Å². The van der Waals surface area contributed by atoms with E-state index >= 15 is 0 Å². The van der Waals surface area contributed by atoms with E-state index in [-0.39, 0.29) is 5.41 Å². The molecule has 0 unspecified atom stereocenters. The van der Waals surface area contributed by atoms with Crippen molar-refractivity contribution < 1.29 is 4.42 Å². The molecule has 0 saturated heterocycles. The standard InChI is InChI=1S/C55H39NO/c1-55(2)48-25-9-6-19-43(48)44-34-33-40(35-49(44)55)56(39-31-29-37(30-32-39)42-23-14-28-52-54(42)47-21-8-11-27-51(47)57-52)50-26-10-7-20-45(50)46-24-13-18-38-17-12-22-41(53(38)46)36-15-4-3-5-16-36/h3-35H,1-2H3. The SMILES string of the molecule is CC1(C)c2ccccc2-c2ccc(N(c3ccc(-c4cccc5oc6ccccc6c45)cc3)c3ccccc3-c3cccc4cccc(-c5ccccc5)c34)cc21. The van der Waals surface area contributed by atoms with E-state index in [9.17, 15) is 0 Å². The summed E-state index contributed by atoms with van der Waals surface area (Å²) in [6.45, 7) is 4.71. The van der Waals surface area contributed by atoms with Crippen LogP contribution in [-0.2, 0) is 5.41 Å². The molecule has 0 atom stereocenters. The van der Waals surface area contributed by atoms with Crippen molar-refractivity contribution in [1.29, 1.82) is 0 Å². The molecule has 2 heteroatoms. The second-order valence-corrected chi connectivity index (χ2v) is 15.7. The molecule has 270 valence electrons. The summed E-state index contributed by atoms with van der Waals surface area (Å²) in [6.07, 6.45) is 0. The molecule has 2 nitrogen and oxygen atoms in total. The molecule has 1 aromatic heterocycles. The third-order valence-electron chi connectivity index (χ3n) is 12.1. The van der Waals surface area contributed by atoms with Crippen molar-refractivity contribution in [2.45, 2.75) is 19.3 Å². The van der Waals surface area contributed by atoms with E-state index in [4.69, 9.17) is 4.42 Å². The van der Waals surface area contributed by atoms with E-state index in [1.165, 1.54) is 55.3 Å². The number of para-hydroxylation sites is 2. The van der Waals surface area contributed by atoms with E-state index in [1.807, 2.05) is 12.1 Å². The van der Waals surface area contributed by atoms with Gasteiger partial charge in [-0.15, -0.1) is 0 Å². The maximum Gasteiger partial charge on any atom is 0.136 e. The number of fused-ring (bicyclic) bond motifs is 7. The second kappa shape index (κ2) is 13.0. The predicted molar refractivity (Wildman–Crippen MR) is 240 cm³/mol. The highest BCUT2D eigenvalue weighted by Crippen LogP contribution is 2.52.